The summed E-state index contributed by atoms with van der Waals surface area (Å²) in [4.78, 5) is 11.2. The molecule has 1 aromatic rings. The van der Waals surface area contributed by atoms with E-state index in [-0.39, 0.29) is 11.6 Å². The lowest BCUT2D eigenvalue weighted by Crippen LogP contribution is -2.27. The molecule has 0 aromatic heterocycles. The van der Waals surface area contributed by atoms with Gasteiger partial charge in [-0.1, -0.05) is 29.8 Å². The van der Waals surface area contributed by atoms with Gasteiger partial charge >= 0.3 is 6.18 Å². The van der Waals surface area contributed by atoms with Crippen molar-refractivity contribution in [3.8, 4) is 5.75 Å². The predicted octanol–water partition coefficient (Wildman–Crippen LogP) is 3.77. The number of phenols is 1. The highest BCUT2D eigenvalue weighted by Gasteiger charge is 2.31. The van der Waals surface area contributed by atoms with Crippen LogP contribution in [0.1, 0.15) is 19.4 Å². The van der Waals surface area contributed by atoms with Gasteiger partial charge in [0.15, 0.2) is 0 Å². The highest BCUT2D eigenvalue weighted by Crippen LogP contribution is 2.34. The van der Waals surface area contributed by atoms with E-state index < -0.39 is 28.2 Å². The fraction of sp³-hybridized carbons (Fsp3) is 0.417. The molecule has 19 heavy (non-hydrogen) atoms. The van der Waals surface area contributed by atoms with E-state index in [0.717, 1.165) is 12.1 Å². The predicted molar refractivity (Wildman–Crippen MR) is 69.3 cm³/mol. The van der Waals surface area contributed by atoms with Crippen molar-refractivity contribution >= 4 is 27.5 Å². The Morgan fingerprint density at radius 1 is 1.37 bits per heavy atom. The SMILES string of the molecule is CC(C)C(Br)C(=O)Nc1ccc(C(F)(F)F)cc1O. The van der Waals surface area contributed by atoms with Gasteiger partial charge in [0.25, 0.3) is 0 Å². The third kappa shape index (κ3) is 4.12. The lowest BCUT2D eigenvalue weighted by Gasteiger charge is -2.15. The first-order valence-corrected chi connectivity index (χ1v) is 6.39. The molecular formula is C12H13BrF3NO2. The van der Waals surface area contributed by atoms with E-state index in [1.54, 1.807) is 0 Å². The quantitative estimate of drug-likeness (QED) is 0.650. The van der Waals surface area contributed by atoms with Crippen molar-refractivity contribution < 1.29 is 23.1 Å². The average molecular weight is 340 g/mol. The lowest BCUT2D eigenvalue weighted by molar-refractivity contribution is -0.137. The van der Waals surface area contributed by atoms with E-state index in [0.29, 0.717) is 6.07 Å². The van der Waals surface area contributed by atoms with Crippen LogP contribution in [0.25, 0.3) is 0 Å². The van der Waals surface area contributed by atoms with E-state index in [2.05, 4.69) is 21.2 Å². The van der Waals surface area contributed by atoms with Crippen molar-refractivity contribution in [1.82, 2.24) is 0 Å². The van der Waals surface area contributed by atoms with Crippen molar-refractivity contribution in [3.05, 3.63) is 23.8 Å². The number of benzene rings is 1. The monoisotopic (exact) mass is 339 g/mol. The summed E-state index contributed by atoms with van der Waals surface area (Å²) in [6, 6.07) is 2.40. The van der Waals surface area contributed by atoms with Crippen LogP contribution in [-0.4, -0.2) is 15.8 Å². The molecular weight excluding hydrogens is 327 g/mol. The number of carbonyl (C=O) groups is 1. The molecule has 0 fully saturated rings. The number of phenolic OH excluding ortho intramolecular Hbond substituents is 1. The third-order valence-corrected chi connectivity index (χ3v) is 3.89. The molecule has 0 bridgehead atoms. The standard InChI is InChI=1S/C12H13BrF3NO2/c1-6(2)10(13)11(19)17-8-4-3-7(5-9(8)18)12(14,15)16/h3-6,10,18H,1-2H3,(H,17,19). The minimum absolute atomic E-state index is 0.0107. The average Bonchev–Trinajstić information content (AvgIpc) is 2.29. The summed E-state index contributed by atoms with van der Waals surface area (Å²) in [7, 11) is 0. The number of hydrogen-bond acceptors (Lipinski definition) is 2. The minimum Gasteiger partial charge on any atom is -0.506 e. The van der Waals surface area contributed by atoms with Crippen LogP contribution in [0.4, 0.5) is 18.9 Å². The van der Waals surface area contributed by atoms with Gasteiger partial charge in [-0.25, -0.2) is 0 Å². The van der Waals surface area contributed by atoms with Gasteiger partial charge in [0.1, 0.15) is 5.75 Å². The lowest BCUT2D eigenvalue weighted by atomic mass is 10.1. The van der Waals surface area contributed by atoms with Crippen molar-refractivity contribution in [2.24, 2.45) is 5.92 Å². The number of hydrogen-bond donors (Lipinski definition) is 2. The largest absolute Gasteiger partial charge is 0.506 e. The van der Waals surface area contributed by atoms with E-state index in [9.17, 15) is 23.1 Å². The number of anilines is 1. The maximum absolute atomic E-state index is 12.4. The topological polar surface area (TPSA) is 49.3 Å². The molecule has 3 nitrogen and oxygen atoms in total. The zero-order valence-corrected chi connectivity index (χ0v) is 11.8. The van der Waals surface area contributed by atoms with Gasteiger partial charge in [0.2, 0.25) is 5.91 Å². The molecule has 0 aliphatic rings. The van der Waals surface area contributed by atoms with Crippen molar-refractivity contribution in [3.63, 3.8) is 0 Å². The number of alkyl halides is 4. The van der Waals surface area contributed by atoms with Gasteiger partial charge in [-0.15, -0.1) is 0 Å². The smallest absolute Gasteiger partial charge is 0.416 e. The van der Waals surface area contributed by atoms with Crippen molar-refractivity contribution in [2.45, 2.75) is 24.9 Å². The molecule has 0 heterocycles. The van der Waals surface area contributed by atoms with Crippen LogP contribution in [0.2, 0.25) is 0 Å². The van der Waals surface area contributed by atoms with Crippen LogP contribution >= 0.6 is 15.9 Å². The third-order valence-electron chi connectivity index (χ3n) is 2.42. The Morgan fingerprint density at radius 2 is 1.95 bits per heavy atom. The van der Waals surface area contributed by atoms with Gasteiger partial charge < -0.3 is 10.4 Å². The molecule has 0 aliphatic heterocycles. The van der Waals surface area contributed by atoms with Gasteiger partial charge in [0.05, 0.1) is 16.1 Å². The Kier molecular flexibility index (Phi) is 4.84. The van der Waals surface area contributed by atoms with Crippen LogP contribution < -0.4 is 5.32 Å². The Labute approximate surface area is 116 Å². The molecule has 106 valence electrons. The van der Waals surface area contributed by atoms with Crippen LogP contribution in [0.3, 0.4) is 0 Å². The van der Waals surface area contributed by atoms with Gasteiger partial charge in [-0.3, -0.25) is 4.79 Å². The highest BCUT2D eigenvalue weighted by molar-refractivity contribution is 9.10. The highest BCUT2D eigenvalue weighted by atomic mass is 79.9. The summed E-state index contributed by atoms with van der Waals surface area (Å²) >= 11 is 3.16. The van der Waals surface area contributed by atoms with Crippen LogP contribution in [0, 0.1) is 5.92 Å². The molecule has 1 amide bonds. The Bertz CT molecular complexity index is 475. The van der Waals surface area contributed by atoms with E-state index in [4.69, 9.17) is 0 Å². The van der Waals surface area contributed by atoms with E-state index >= 15 is 0 Å². The molecule has 1 atom stereocenters. The van der Waals surface area contributed by atoms with Crippen LogP contribution in [0.15, 0.2) is 18.2 Å². The Balaban J connectivity index is 2.90. The first-order valence-electron chi connectivity index (χ1n) is 5.48. The van der Waals surface area contributed by atoms with Crippen LogP contribution in [-0.2, 0) is 11.0 Å². The summed E-state index contributed by atoms with van der Waals surface area (Å²) in [5.41, 5.74) is -1.02. The second-order valence-electron chi connectivity index (χ2n) is 4.36. The molecule has 2 N–H and O–H groups in total. The van der Waals surface area contributed by atoms with Gasteiger partial charge in [-0.2, -0.15) is 13.2 Å². The summed E-state index contributed by atoms with van der Waals surface area (Å²) in [6.07, 6.45) is -4.53. The summed E-state index contributed by atoms with van der Waals surface area (Å²) in [5, 5.41) is 11.9. The number of amides is 1. The Hall–Kier alpha value is -1.24. The molecule has 1 unspecified atom stereocenters. The van der Waals surface area contributed by atoms with E-state index in [1.807, 2.05) is 13.8 Å². The maximum Gasteiger partial charge on any atom is 0.416 e. The van der Waals surface area contributed by atoms with Gasteiger partial charge in [0, 0.05) is 0 Å². The second-order valence-corrected chi connectivity index (χ2v) is 5.35. The first-order chi connectivity index (χ1) is 8.62. The maximum atomic E-state index is 12.4. The van der Waals surface area contributed by atoms with Crippen molar-refractivity contribution in [2.75, 3.05) is 5.32 Å². The summed E-state index contributed by atoms with van der Waals surface area (Å²) in [6.45, 7) is 3.62. The molecule has 1 aromatic carbocycles. The van der Waals surface area contributed by atoms with Crippen LogP contribution in [0.5, 0.6) is 5.75 Å². The molecule has 0 spiro atoms. The molecule has 7 heteroatoms. The number of carbonyl (C=O) groups excluding carboxylic acids is 1. The van der Waals surface area contributed by atoms with E-state index in [1.165, 1.54) is 0 Å². The molecule has 0 saturated heterocycles. The molecule has 0 radical (unpaired) electrons. The number of halogens is 4. The fourth-order valence-corrected chi connectivity index (χ4v) is 1.43. The zero-order chi connectivity index (χ0) is 14.8. The summed E-state index contributed by atoms with van der Waals surface area (Å²) < 4.78 is 37.2. The molecule has 0 saturated carbocycles. The number of aromatic hydroxyl groups is 1. The fourth-order valence-electron chi connectivity index (χ4n) is 1.32. The first kappa shape index (κ1) is 15.8. The number of rotatable bonds is 3. The summed E-state index contributed by atoms with van der Waals surface area (Å²) in [5.74, 6) is -1.03. The Morgan fingerprint density at radius 3 is 2.37 bits per heavy atom. The van der Waals surface area contributed by atoms with Gasteiger partial charge in [-0.05, 0) is 24.1 Å². The molecule has 0 aliphatic carbocycles. The normalized spacial score (nSPS) is 13.4. The van der Waals surface area contributed by atoms with Crippen molar-refractivity contribution in [1.29, 1.82) is 0 Å². The number of nitrogens with one attached hydrogen (secondary N) is 1. The second kappa shape index (κ2) is 5.81. The zero-order valence-electron chi connectivity index (χ0n) is 10.3. The molecule has 1 rings (SSSR count). The minimum atomic E-state index is -4.53.